The van der Waals surface area contributed by atoms with Crippen LogP contribution in [-0.2, 0) is 16.9 Å². The lowest BCUT2D eigenvalue weighted by Gasteiger charge is -2.29. The fourth-order valence-electron chi connectivity index (χ4n) is 3.07. The Balaban J connectivity index is 2.18. The molecule has 3 amide bonds. The molecule has 1 aliphatic heterocycles. The summed E-state index contributed by atoms with van der Waals surface area (Å²) in [6.45, 7) is 1.61. The second kappa shape index (κ2) is 6.55. The Morgan fingerprint density at radius 1 is 1.12 bits per heavy atom. The van der Waals surface area contributed by atoms with Crippen LogP contribution in [-0.4, -0.2) is 30.7 Å². The molecule has 0 saturated carbocycles. The first-order chi connectivity index (χ1) is 12.4. The second-order valence-corrected chi connectivity index (χ2v) is 6.00. The van der Waals surface area contributed by atoms with Gasteiger partial charge in [0.2, 0.25) is 0 Å². The van der Waals surface area contributed by atoms with E-state index < -0.39 is 17.5 Å². The monoisotopic (exact) mass is 357 g/mol. The van der Waals surface area contributed by atoms with Crippen molar-refractivity contribution in [2.75, 3.05) is 14.2 Å². The lowest BCUT2D eigenvalue weighted by Crippen LogP contribution is -2.49. The van der Waals surface area contributed by atoms with E-state index in [9.17, 15) is 14.4 Å². The van der Waals surface area contributed by atoms with Gasteiger partial charge in [-0.1, -0.05) is 6.07 Å². The summed E-state index contributed by atoms with van der Waals surface area (Å²) < 4.78 is 12.0. The van der Waals surface area contributed by atoms with Crippen LogP contribution in [0.15, 0.2) is 41.3 Å². The van der Waals surface area contributed by atoms with Gasteiger partial charge >= 0.3 is 6.03 Å². The molecule has 0 bridgehead atoms. The number of methoxy groups -OCH3 is 2. The highest BCUT2D eigenvalue weighted by Crippen LogP contribution is 2.36. The number of carbonyl (C=O) groups excluding carboxylic acids is 2. The molecular weight excluding hydrogens is 338 g/mol. The van der Waals surface area contributed by atoms with Crippen LogP contribution < -0.4 is 25.7 Å². The van der Waals surface area contributed by atoms with E-state index in [2.05, 4.69) is 10.6 Å². The number of imide groups is 1. The number of nitrogens with zero attached hydrogens (tertiary/aromatic N) is 1. The minimum Gasteiger partial charge on any atom is -0.497 e. The van der Waals surface area contributed by atoms with E-state index in [4.69, 9.17) is 9.47 Å². The number of benzene rings is 1. The molecule has 1 aromatic carbocycles. The number of aromatic nitrogens is 1. The summed E-state index contributed by atoms with van der Waals surface area (Å²) in [6, 6.07) is 7.69. The maximum Gasteiger partial charge on any atom is 0.322 e. The average Bonchev–Trinajstić information content (AvgIpc) is 2.92. The lowest BCUT2D eigenvalue weighted by molar-refractivity contribution is -0.124. The van der Waals surface area contributed by atoms with Crippen molar-refractivity contribution in [3.63, 3.8) is 0 Å². The topological polar surface area (TPSA) is 98.7 Å². The molecule has 2 heterocycles. The Labute approximate surface area is 149 Å². The van der Waals surface area contributed by atoms with E-state index in [1.165, 1.54) is 18.8 Å². The van der Waals surface area contributed by atoms with Gasteiger partial charge in [-0.2, -0.15) is 0 Å². The number of aryl methyl sites for hydroxylation is 1. The SMILES string of the molecule is COc1ccc(C2(Cn3cccc(C)c3=O)NC(=O)NC2=O)c(OC)c1. The number of nitrogens with one attached hydrogen (secondary N) is 2. The van der Waals surface area contributed by atoms with Gasteiger partial charge in [0.1, 0.15) is 11.5 Å². The molecule has 0 spiro atoms. The summed E-state index contributed by atoms with van der Waals surface area (Å²) in [7, 11) is 2.97. The smallest absolute Gasteiger partial charge is 0.322 e. The highest BCUT2D eigenvalue weighted by molar-refractivity contribution is 6.07. The van der Waals surface area contributed by atoms with Crippen LogP contribution in [0.2, 0.25) is 0 Å². The molecular formula is C18H19N3O5. The largest absolute Gasteiger partial charge is 0.497 e. The van der Waals surface area contributed by atoms with Gasteiger partial charge in [-0.15, -0.1) is 0 Å². The van der Waals surface area contributed by atoms with Crippen molar-refractivity contribution in [3.8, 4) is 11.5 Å². The van der Waals surface area contributed by atoms with Crippen LogP contribution in [0.3, 0.4) is 0 Å². The number of ether oxygens (including phenoxy) is 2. The predicted molar refractivity (Wildman–Crippen MR) is 93.3 cm³/mol. The molecule has 8 heteroatoms. The molecule has 1 atom stereocenters. The van der Waals surface area contributed by atoms with Crippen molar-refractivity contribution in [1.82, 2.24) is 15.2 Å². The number of urea groups is 1. The van der Waals surface area contributed by atoms with Gasteiger partial charge in [-0.3, -0.25) is 14.9 Å². The highest BCUT2D eigenvalue weighted by Gasteiger charge is 2.50. The molecule has 2 aromatic rings. The van der Waals surface area contributed by atoms with Gasteiger partial charge in [0, 0.05) is 23.4 Å². The Morgan fingerprint density at radius 2 is 1.88 bits per heavy atom. The zero-order valence-corrected chi connectivity index (χ0v) is 14.7. The third-order valence-corrected chi connectivity index (χ3v) is 4.43. The van der Waals surface area contributed by atoms with Crippen LogP contribution in [0.5, 0.6) is 11.5 Å². The van der Waals surface area contributed by atoms with E-state index >= 15 is 0 Å². The first-order valence-corrected chi connectivity index (χ1v) is 7.93. The van der Waals surface area contributed by atoms with E-state index in [0.29, 0.717) is 22.6 Å². The van der Waals surface area contributed by atoms with E-state index in [-0.39, 0.29) is 12.1 Å². The number of hydrogen-bond donors (Lipinski definition) is 2. The lowest BCUT2D eigenvalue weighted by atomic mass is 9.88. The van der Waals surface area contributed by atoms with Crippen molar-refractivity contribution in [3.05, 3.63) is 58.0 Å². The molecule has 26 heavy (non-hydrogen) atoms. The molecule has 1 aromatic heterocycles. The van der Waals surface area contributed by atoms with Crippen LogP contribution >= 0.6 is 0 Å². The average molecular weight is 357 g/mol. The van der Waals surface area contributed by atoms with E-state index in [0.717, 1.165) is 0 Å². The molecule has 3 rings (SSSR count). The Bertz CT molecular complexity index is 937. The van der Waals surface area contributed by atoms with E-state index in [1.807, 2.05) is 0 Å². The van der Waals surface area contributed by atoms with Crippen LogP contribution in [0, 0.1) is 6.92 Å². The van der Waals surface area contributed by atoms with Crippen molar-refractivity contribution < 1.29 is 19.1 Å². The Morgan fingerprint density at radius 3 is 2.50 bits per heavy atom. The van der Waals surface area contributed by atoms with Gasteiger partial charge in [-0.25, -0.2) is 4.79 Å². The summed E-state index contributed by atoms with van der Waals surface area (Å²) in [5, 5.41) is 4.91. The summed E-state index contributed by atoms with van der Waals surface area (Å²) in [6.07, 6.45) is 1.57. The summed E-state index contributed by atoms with van der Waals surface area (Å²) in [4.78, 5) is 37.1. The van der Waals surface area contributed by atoms with Gasteiger partial charge < -0.3 is 19.4 Å². The zero-order valence-electron chi connectivity index (χ0n) is 14.7. The number of amides is 3. The number of rotatable bonds is 5. The fourth-order valence-corrected chi connectivity index (χ4v) is 3.07. The van der Waals surface area contributed by atoms with Gasteiger partial charge in [0.05, 0.1) is 20.8 Å². The van der Waals surface area contributed by atoms with Crippen LogP contribution in [0.25, 0.3) is 0 Å². The van der Waals surface area contributed by atoms with Crippen molar-refractivity contribution in [1.29, 1.82) is 0 Å². The zero-order chi connectivity index (χ0) is 18.9. The van der Waals surface area contributed by atoms with Crippen molar-refractivity contribution in [2.45, 2.75) is 19.0 Å². The van der Waals surface area contributed by atoms with Crippen molar-refractivity contribution in [2.24, 2.45) is 0 Å². The molecule has 2 N–H and O–H groups in total. The Hall–Kier alpha value is -3.29. The first-order valence-electron chi connectivity index (χ1n) is 7.93. The quantitative estimate of drug-likeness (QED) is 0.775. The summed E-state index contributed by atoms with van der Waals surface area (Å²) in [5.41, 5.74) is -0.758. The maximum atomic E-state index is 12.7. The molecule has 0 radical (unpaired) electrons. The molecule has 1 fully saturated rings. The molecule has 0 aliphatic carbocycles. The third kappa shape index (κ3) is 2.79. The predicted octanol–water partition coefficient (Wildman–Crippen LogP) is 0.909. The number of pyridine rings is 1. The van der Waals surface area contributed by atoms with Gasteiger partial charge in [-0.05, 0) is 25.1 Å². The second-order valence-electron chi connectivity index (χ2n) is 6.00. The summed E-state index contributed by atoms with van der Waals surface area (Å²) >= 11 is 0. The molecule has 1 aliphatic rings. The van der Waals surface area contributed by atoms with Crippen LogP contribution in [0.4, 0.5) is 4.79 Å². The fraction of sp³-hybridized carbons (Fsp3) is 0.278. The molecule has 136 valence electrons. The van der Waals surface area contributed by atoms with Crippen molar-refractivity contribution >= 4 is 11.9 Å². The summed E-state index contributed by atoms with van der Waals surface area (Å²) in [5.74, 6) is 0.347. The van der Waals surface area contributed by atoms with Gasteiger partial charge in [0.15, 0.2) is 5.54 Å². The molecule has 1 saturated heterocycles. The number of hydrogen-bond acceptors (Lipinski definition) is 5. The van der Waals surface area contributed by atoms with E-state index in [1.54, 1.807) is 43.5 Å². The van der Waals surface area contributed by atoms with Gasteiger partial charge in [0.25, 0.3) is 11.5 Å². The maximum absolute atomic E-state index is 12.7. The van der Waals surface area contributed by atoms with Crippen LogP contribution in [0.1, 0.15) is 11.1 Å². The highest BCUT2D eigenvalue weighted by atomic mass is 16.5. The number of carbonyl (C=O) groups is 2. The molecule has 8 nitrogen and oxygen atoms in total. The Kier molecular flexibility index (Phi) is 4.41. The minimum atomic E-state index is -1.48. The minimum absolute atomic E-state index is 0.0756. The third-order valence-electron chi connectivity index (χ3n) is 4.43. The first kappa shape index (κ1) is 17.5. The molecule has 1 unspecified atom stereocenters. The normalized spacial score (nSPS) is 19.0. The standard InChI is InChI=1S/C18H19N3O5/c1-11-5-4-8-21(15(11)22)10-18(16(23)19-17(24)20-18)13-7-6-12(25-2)9-14(13)26-3/h4-9H,10H2,1-3H3,(H2,19,20,23,24).